The molecule has 112 valence electrons. The number of carboxylic acid groups (broad SMARTS) is 1. The first-order chi connectivity index (χ1) is 9.85. The first-order valence-corrected chi connectivity index (χ1v) is 7.12. The van der Waals surface area contributed by atoms with Crippen molar-refractivity contribution in [3.63, 3.8) is 0 Å². The monoisotopic (exact) mass is 375 g/mol. The van der Waals surface area contributed by atoms with Crippen molar-refractivity contribution in [2.24, 2.45) is 5.92 Å². The number of nitrogens with zero attached hydrogens (tertiary/aromatic N) is 1. The number of hydrogen-bond acceptors (Lipinski definition) is 4. The number of benzene rings is 1. The lowest BCUT2D eigenvalue weighted by Crippen LogP contribution is -2.28. The molecule has 1 atom stereocenters. The van der Waals surface area contributed by atoms with E-state index in [4.69, 9.17) is 11.6 Å². The van der Waals surface area contributed by atoms with Crippen molar-refractivity contribution in [1.29, 1.82) is 0 Å². The van der Waals surface area contributed by atoms with Crippen LogP contribution in [0.1, 0.15) is 16.8 Å². The van der Waals surface area contributed by atoms with Gasteiger partial charge in [0, 0.05) is 17.4 Å². The summed E-state index contributed by atoms with van der Waals surface area (Å²) in [7, 11) is 1.24. The van der Waals surface area contributed by atoms with Crippen LogP contribution in [-0.2, 0) is 14.3 Å². The molecule has 0 aromatic heterocycles. The fraction of sp³-hybridized carbons (Fsp3) is 0.308. The van der Waals surface area contributed by atoms with E-state index in [0.717, 1.165) is 0 Å². The van der Waals surface area contributed by atoms with Crippen LogP contribution in [0.25, 0.3) is 0 Å². The number of hydrogen-bond donors (Lipinski definition) is 1. The maximum atomic E-state index is 12.0. The van der Waals surface area contributed by atoms with Gasteiger partial charge in [-0.05, 0) is 28.1 Å². The Morgan fingerprint density at radius 3 is 2.71 bits per heavy atom. The Kier molecular flexibility index (Phi) is 4.53. The first-order valence-electron chi connectivity index (χ1n) is 5.95. The van der Waals surface area contributed by atoms with Gasteiger partial charge in [-0.2, -0.15) is 0 Å². The molecular formula is C13H11BrClNO5. The molecule has 0 bridgehead atoms. The molecule has 21 heavy (non-hydrogen) atoms. The number of carbonyl (C=O) groups is 3. The predicted octanol–water partition coefficient (Wildman–Crippen LogP) is 2.33. The number of rotatable bonds is 3. The molecule has 0 radical (unpaired) electrons. The summed E-state index contributed by atoms with van der Waals surface area (Å²) < 4.78 is 5.04. The SMILES string of the molecule is COC(=O)C1CC(=O)N(c2cc(Cl)c(Br)cc2C(=O)O)C1. The molecule has 1 unspecified atom stereocenters. The van der Waals surface area contributed by atoms with Crippen molar-refractivity contribution in [2.45, 2.75) is 6.42 Å². The zero-order valence-electron chi connectivity index (χ0n) is 10.9. The van der Waals surface area contributed by atoms with E-state index in [1.54, 1.807) is 0 Å². The predicted molar refractivity (Wildman–Crippen MR) is 78.6 cm³/mol. The second-order valence-corrected chi connectivity index (χ2v) is 5.78. The van der Waals surface area contributed by atoms with Crippen LogP contribution >= 0.6 is 27.5 Å². The van der Waals surface area contributed by atoms with E-state index in [2.05, 4.69) is 20.7 Å². The minimum absolute atomic E-state index is 0.0145. The molecule has 1 aromatic carbocycles. The van der Waals surface area contributed by atoms with Gasteiger partial charge in [0.2, 0.25) is 5.91 Å². The van der Waals surface area contributed by atoms with Crippen LogP contribution in [0, 0.1) is 5.92 Å². The Morgan fingerprint density at radius 2 is 2.14 bits per heavy atom. The first kappa shape index (κ1) is 15.8. The lowest BCUT2D eigenvalue weighted by atomic mass is 10.1. The van der Waals surface area contributed by atoms with Crippen LogP contribution in [0.4, 0.5) is 5.69 Å². The standard InChI is InChI=1S/C13H11BrClNO5/c1-21-13(20)6-2-11(17)16(5-6)10-4-9(15)8(14)3-7(10)12(18)19/h3-4,6H,2,5H2,1H3,(H,18,19). The summed E-state index contributed by atoms with van der Waals surface area (Å²) in [4.78, 5) is 36.2. The van der Waals surface area contributed by atoms with Gasteiger partial charge in [0.15, 0.2) is 0 Å². The summed E-state index contributed by atoms with van der Waals surface area (Å²) in [5, 5.41) is 9.54. The van der Waals surface area contributed by atoms with Crippen molar-refractivity contribution >= 4 is 51.1 Å². The van der Waals surface area contributed by atoms with E-state index in [0.29, 0.717) is 4.47 Å². The molecule has 0 spiro atoms. The Hall–Kier alpha value is -1.60. The summed E-state index contributed by atoms with van der Waals surface area (Å²) in [5.74, 6) is -2.62. The van der Waals surface area contributed by atoms with Gasteiger partial charge in [-0.3, -0.25) is 9.59 Å². The number of esters is 1. The number of anilines is 1. The summed E-state index contributed by atoms with van der Waals surface area (Å²) in [5.41, 5.74) is 0.109. The Morgan fingerprint density at radius 1 is 1.48 bits per heavy atom. The third-order valence-electron chi connectivity index (χ3n) is 3.22. The number of amides is 1. The third kappa shape index (κ3) is 3.03. The van der Waals surface area contributed by atoms with Crippen LogP contribution in [0.15, 0.2) is 16.6 Å². The quantitative estimate of drug-likeness (QED) is 0.819. The minimum Gasteiger partial charge on any atom is -0.478 e. The van der Waals surface area contributed by atoms with Crippen molar-refractivity contribution in [3.05, 3.63) is 27.2 Å². The van der Waals surface area contributed by atoms with Gasteiger partial charge < -0.3 is 14.7 Å². The minimum atomic E-state index is -1.18. The molecule has 6 nitrogen and oxygen atoms in total. The lowest BCUT2D eigenvalue weighted by molar-refractivity contribution is -0.145. The number of aromatic carboxylic acids is 1. The van der Waals surface area contributed by atoms with Gasteiger partial charge in [0.25, 0.3) is 0 Å². The van der Waals surface area contributed by atoms with Gasteiger partial charge in [-0.15, -0.1) is 0 Å². The maximum Gasteiger partial charge on any atom is 0.337 e. The average Bonchev–Trinajstić information content (AvgIpc) is 2.82. The van der Waals surface area contributed by atoms with Crippen molar-refractivity contribution < 1.29 is 24.2 Å². The Bertz CT molecular complexity index is 633. The molecule has 0 aliphatic carbocycles. The highest BCUT2D eigenvalue weighted by Gasteiger charge is 2.37. The second-order valence-electron chi connectivity index (χ2n) is 4.52. The van der Waals surface area contributed by atoms with E-state index < -0.39 is 17.9 Å². The fourth-order valence-electron chi connectivity index (χ4n) is 2.20. The topological polar surface area (TPSA) is 83.9 Å². The average molecular weight is 377 g/mol. The lowest BCUT2D eigenvalue weighted by Gasteiger charge is -2.19. The van der Waals surface area contributed by atoms with Crippen LogP contribution in [0.3, 0.4) is 0 Å². The van der Waals surface area contributed by atoms with Gasteiger partial charge in [-0.1, -0.05) is 11.6 Å². The molecule has 1 heterocycles. The second kappa shape index (κ2) is 6.03. The molecule has 1 fully saturated rings. The molecule has 1 aliphatic rings. The van der Waals surface area contributed by atoms with E-state index in [1.165, 1.54) is 24.1 Å². The van der Waals surface area contributed by atoms with Crippen LogP contribution in [-0.4, -0.2) is 36.6 Å². The third-order valence-corrected chi connectivity index (χ3v) is 4.42. The smallest absolute Gasteiger partial charge is 0.337 e. The van der Waals surface area contributed by atoms with E-state index in [9.17, 15) is 19.5 Å². The maximum absolute atomic E-state index is 12.0. The Balaban J connectivity index is 2.42. The molecular weight excluding hydrogens is 366 g/mol. The molecule has 1 amide bonds. The zero-order chi connectivity index (χ0) is 15.7. The number of carboxylic acids is 1. The summed E-state index contributed by atoms with van der Waals surface area (Å²) in [6.45, 7) is 0.0732. The number of ether oxygens (including phenoxy) is 1. The van der Waals surface area contributed by atoms with Crippen molar-refractivity contribution in [2.75, 3.05) is 18.6 Å². The van der Waals surface area contributed by atoms with Gasteiger partial charge in [0.1, 0.15) is 0 Å². The summed E-state index contributed by atoms with van der Waals surface area (Å²) in [6, 6.07) is 2.73. The largest absolute Gasteiger partial charge is 0.478 e. The number of halogens is 2. The summed E-state index contributed by atoms with van der Waals surface area (Å²) in [6.07, 6.45) is -0.0145. The van der Waals surface area contributed by atoms with Crippen LogP contribution in [0.2, 0.25) is 5.02 Å². The molecule has 1 aromatic rings. The van der Waals surface area contributed by atoms with Gasteiger partial charge >= 0.3 is 11.9 Å². The molecule has 2 rings (SSSR count). The van der Waals surface area contributed by atoms with Crippen molar-refractivity contribution in [3.8, 4) is 0 Å². The van der Waals surface area contributed by atoms with Gasteiger partial charge in [-0.25, -0.2) is 4.79 Å². The van der Waals surface area contributed by atoms with E-state index >= 15 is 0 Å². The molecule has 1 saturated heterocycles. The fourth-order valence-corrected chi connectivity index (χ4v) is 2.70. The molecule has 1 N–H and O–H groups in total. The highest BCUT2D eigenvalue weighted by atomic mass is 79.9. The highest BCUT2D eigenvalue weighted by molar-refractivity contribution is 9.10. The van der Waals surface area contributed by atoms with Crippen molar-refractivity contribution in [1.82, 2.24) is 0 Å². The highest BCUT2D eigenvalue weighted by Crippen LogP contribution is 2.35. The molecule has 8 heteroatoms. The Labute approximate surface area is 133 Å². The molecule has 0 saturated carbocycles. The zero-order valence-corrected chi connectivity index (χ0v) is 13.3. The summed E-state index contributed by atoms with van der Waals surface area (Å²) >= 11 is 9.12. The number of carbonyl (C=O) groups excluding carboxylic acids is 2. The van der Waals surface area contributed by atoms with Crippen LogP contribution in [0.5, 0.6) is 0 Å². The van der Waals surface area contributed by atoms with E-state index in [-0.39, 0.29) is 35.1 Å². The normalized spacial score (nSPS) is 18.0. The van der Waals surface area contributed by atoms with Crippen LogP contribution < -0.4 is 4.90 Å². The molecule has 1 aliphatic heterocycles. The van der Waals surface area contributed by atoms with E-state index in [1.807, 2.05) is 0 Å². The number of methoxy groups -OCH3 is 1. The van der Waals surface area contributed by atoms with Gasteiger partial charge in [0.05, 0.1) is 29.3 Å².